The summed E-state index contributed by atoms with van der Waals surface area (Å²) >= 11 is 0. The second-order valence-corrected chi connectivity index (χ2v) is 4.74. The Bertz CT molecular complexity index is 548. The lowest BCUT2D eigenvalue weighted by Crippen LogP contribution is -2.06. The molecule has 2 rings (SSSR count). The van der Waals surface area contributed by atoms with Crippen molar-refractivity contribution in [1.82, 2.24) is 0 Å². The quantitative estimate of drug-likeness (QED) is 0.609. The molecule has 3 nitrogen and oxygen atoms in total. The summed E-state index contributed by atoms with van der Waals surface area (Å²) < 4.78 is 5.59. The Morgan fingerprint density at radius 2 is 1.10 bits per heavy atom. The van der Waals surface area contributed by atoms with Crippen LogP contribution in [0.15, 0.2) is 70.6 Å². The third-order valence-corrected chi connectivity index (χ3v) is 2.95. The molecule has 0 N–H and O–H groups in total. The van der Waals surface area contributed by atoms with Crippen molar-refractivity contribution >= 4 is 11.8 Å². The zero-order valence-electron chi connectivity index (χ0n) is 12.5. The van der Waals surface area contributed by atoms with Gasteiger partial charge in [0, 0.05) is 13.8 Å². The van der Waals surface area contributed by atoms with E-state index < -0.39 is 0 Å². The zero-order chi connectivity index (χ0) is 14.9. The van der Waals surface area contributed by atoms with E-state index in [2.05, 4.69) is 9.98 Å². The molecule has 0 saturated heterocycles. The molecule has 0 radical (unpaired) electrons. The van der Waals surface area contributed by atoms with Crippen LogP contribution < -0.4 is 0 Å². The van der Waals surface area contributed by atoms with Crippen molar-refractivity contribution in [3.63, 3.8) is 0 Å². The fraction of sp³-hybridized carbons (Fsp3) is 0.222. The third kappa shape index (κ3) is 5.61. The molecule has 0 saturated carbocycles. The van der Waals surface area contributed by atoms with Crippen LogP contribution in [0.25, 0.3) is 0 Å². The summed E-state index contributed by atoms with van der Waals surface area (Å²) in [5.74, 6) is 1.27. The van der Waals surface area contributed by atoms with Crippen LogP contribution in [-0.4, -0.2) is 11.8 Å². The van der Waals surface area contributed by atoms with Crippen LogP contribution in [0.5, 0.6) is 0 Å². The van der Waals surface area contributed by atoms with Crippen molar-refractivity contribution in [1.29, 1.82) is 0 Å². The molecule has 0 aliphatic carbocycles. The maximum atomic E-state index is 5.59. The van der Waals surface area contributed by atoms with Gasteiger partial charge in [-0.3, -0.25) is 9.98 Å². The smallest absolute Gasteiger partial charge is 0.188 e. The Morgan fingerprint density at radius 1 is 0.714 bits per heavy atom. The highest BCUT2D eigenvalue weighted by atomic mass is 16.5. The van der Waals surface area contributed by atoms with Crippen LogP contribution in [0, 0.1) is 0 Å². The topological polar surface area (TPSA) is 34.0 Å². The lowest BCUT2D eigenvalue weighted by molar-refractivity contribution is 0.527. The standard InChI is InChI=1S/C18H20N2O/c1-15(19-13-17-9-5-3-6-10-17)21-16(2)20-14-18-11-7-4-8-12-18/h3-12H,13-14H2,1-2H3. The Kier molecular flexibility index (Phi) is 5.71. The first-order valence-electron chi connectivity index (χ1n) is 7.02. The van der Waals surface area contributed by atoms with Gasteiger partial charge >= 0.3 is 0 Å². The van der Waals surface area contributed by atoms with Crippen molar-refractivity contribution in [3.05, 3.63) is 71.8 Å². The Morgan fingerprint density at radius 3 is 1.48 bits per heavy atom. The van der Waals surface area contributed by atoms with E-state index in [-0.39, 0.29) is 0 Å². The molecule has 0 spiro atoms. The van der Waals surface area contributed by atoms with Crippen LogP contribution >= 0.6 is 0 Å². The number of hydrogen-bond donors (Lipinski definition) is 0. The summed E-state index contributed by atoms with van der Waals surface area (Å²) in [4.78, 5) is 8.81. The van der Waals surface area contributed by atoms with E-state index in [0.717, 1.165) is 0 Å². The molecule has 0 fully saturated rings. The minimum atomic E-state index is 0.624. The predicted molar refractivity (Wildman–Crippen MR) is 87.6 cm³/mol. The first-order valence-corrected chi connectivity index (χ1v) is 7.02. The van der Waals surface area contributed by atoms with Gasteiger partial charge < -0.3 is 4.74 Å². The molecule has 2 aromatic rings. The summed E-state index contributed by atoms with van der Waals surface area (Å²) in [6.07, 6.45) is 0. The van der Waals surface area contributed by atoms with E-state index in [4.69, 9.17) is 4.74 Å². The molecular weight excluding hydrogens is 260 g/mol. The number of benzene rings is 2. The first-order chi connectivity index (χ1) is 10.2. The van der Waals surface area contributed by atoms with Crippen LogP contribution in [0.2, 0.25) is 0 Å². The molecule has 2 aromatic carbocycles. The molecule has 0 amide bonds. The van der Waals surface area contributed by atoms with Gasteiger partial charge in [-0.25, -0.2) is 0 Å². The van der Waals surface area contributed by atoms with E-state index >= 15 is 0 Å². The molecule has 0 heterocycles. The first kappa shape index (κ1) is 15.0. The Hall–Kier alpha value is -2.42. The second kappa shape index (κ2) is 8.00. The monoisotopic (exact) mass is 280 g/mol. The Labute approximate surface area is 126 Å². The molecule has 0 aliphatic heterocycles. The minimum Gasteiger partial charge on any atom is -0.430 e. The lowest BCUT2D eigenvalue weighted by Gasteiger charge is -2.05. The third-order valence-electron chi connectivity index (χ3n) is 2.95. The predicted octanol–water partition coefficient (Wildman–Crippen LogP) is 4.24. The van der Waals surface area contributed by atoms with Crippen molar-refractivity contribution in [3.8, 4) is 0 Å². The summed E-state index contributed by atoms with van der Waals surface area (Å²) in [6, 6.07) is 20.2. The lowest BCUT2D eigenvalue weighted by atomic mass is 10.2. The van der Waals surface area contributed by atoms with Crippen LogP contribution in [0.4, 0.5) is 0 Å². The van der Waals surface area contributed by atoms with E-state index in [1.54, 1.807) is 0 Å². The van der Waals surface area contributed by atoms with Crippen molar-refractivity contribution in [2.75, 3.05) is 0 Å². The summed E-state index contributed by atoms with van der Waals surface area (Å²) in [5, 5.41) is 0. The van der Waals surface area contributed by atoms with Crippen molar-refractivity contribution in [2.45, 2.75) is 26.9 Å². The number of ether oxygens (including phenoxy) is 1. The molecule has 0 bridgehead atoms. The maximum absolute atomic E-state index is 5.59. The van der Waals surface area contributed by atoms with E-state index in [1.165, 1.54) is 11.1 Å². The average molecular weight is 280 g/mol. The van der Waals surface area contributed by atoms with Gasteiger partial charge in [-0.05, 0) is 11.1 Å². The SMILES string of the molecule is CC(=NCc1ccccc1)OC(C)=NCc1ccccc1. The number of aliphatic imine (C=N–C) groups is 2. The van der Waals surface area contributed by atoms with Gasteiger partial charge in [-0.1, -0.05) is 60.7 Å². The number of rotatable bonds is 4. The average Bonchev–Trinajstić information content (AvgIpc) is 2.53. The van der Waals surface area contributed by atoms with Crippen LogP contribution in [-0.2, 0) is 17.8 Å². The largest absolute Gasteiger partial charge is 0.430 e. The van der Waals surface area contributed by atoms with Crippen molar-refractivity contribution < 1.29 is 4.74 Å². The van der Waals surface area contributed by atoms with E-state index in [0.29, 0.717) is 24.9 Å². The van der Waals surface area contributed by atoms with Gasteiger partial charge in [-0.15, -0.1) is 0 Å². The number of hydrogen-bond acceptors (Lipinski definition) is 3. The van der Waals surface area contributed by atoms with Gasteiger partial charge in [-0.2, -0.15) is 0 Å². The molecule has 0 aliphatic rings. The fourth-order valence-electron chi connectivity index (χ4n) is 1.85. The normalized spacial score (nSPS) is 12.3. The number of nitrogens with zero attached hydrogens (tertiary/aromatic N) is 2. The maximum Gasteiger partial charge on any atom is 0.188 e. The zero-order valence-corrected chi connectivity index (χ0v) is 12.5. The highest BCUT2D eigenvalue weighted by Gasteiger charge is 1.97. The highest BCUT2D eigenvalue weighted by Crippen LogP contribution is 2.03. The molecular formula is C18H20N2O. The van der Waals surface area contributed by atoms with Gasteiger partial charge in [0.05, 0.1) is 13.1 Å². The molecule has 0 aromatic heterocycles. The molecule has 21 heavy (non-hydrogen) atoms. The molecule has 0 atom stereocenters. The summed E-state index contributed by atoms with van der Waals surface area (Å²) in [7, 11) is 0. The summed E-state index contributed by atoms with van der Waals surface area (Å²) in [6.45, 7) is 4.95. The van der Waals surface area contributed by atoms with Gasteiger partial charge in [0.25, 0.3) is 0 Å². The fourth-order valence-corrected chi connectivity index (χ4v) is 1.85. The van der Waals surface area contributed by atoms with Gasteiger partial charge in [0.2, 0.25) is 0 Å². The van der Waals surface area contributed by atoms with Gasteiger partial charge in [0.1, 0.15) is 0 Å². The van der Waals surface area contributed by atoms with Crippen LogP contribution in [0.3, 0.4) is 0 Å². The minimum absolute atomic E-state index is 0.624. The van der Waals surface area contributed by atoms with Gasteiger partial charge in [0.15, 0.2) is 11.8 Å². The second-order valence-electron chi connectivity index (χ2n) is 4.74. The molecule has 108 valence electrons. The summed E-state index contributed by atoms with van der Waals surface area (Å²) in [5.41, 5.74) is 2.33. The van der Waals surface area contributed by atoms with Crippen molar-refractivity contribution in [2.24, 2.45) is 9.98 Å². The van der Waals surface area contributed by atoms with E-state index in [1.807, 2.05) is 74.5 Å². The van der Waals surface area contributed by atoms with Crippen LogP contribution in [0.1, 0.15) is 25.0 Å². The highest BCUT2D eigenvalue weighted by molar-refractivity contribution is 5.88. The molecule has 3 heteroatoms. The van der Waals surface area contributed by atoms with E-state index in [9.17, 15) is 0 Å². The molecule has 0 unspecified atom stereocenters. The Balaban J connectivity index is 1.85.